The molecule has 0 fully saturated rings. The molecule has 0 heterocycles. The van der Waals surface area contributed by atoms with Crippen molar-refractivity contribution in [2.45, 2.75) is 37.9 Å². The van der Waals surface area contributed by atoms with E-state index in [1.807, 2.05) is 0 Å². The molecule has 4 amide bonds. The standard InChI is InChI=1S/C13H23N5O6S/c1-6(16-10(20)4-14)11(21)17-7(2-3-9(15)19)12(22)18-8(5-25)13(23)24/h6-8,25H,2-5,14H2,1H3,(H2,15,19)(H,16,20)(H,17,21)(H,18,22)(H,23,24). The zero-order valence-corrected chi connectivity index (χ0v) is 14.5. The topological polar surface area (TPSA) is 194 Å². The largest absolute Gasteiger partial charge is 0.480 e. The number of thiol groups is 1. The molecule has 0 aliphatic heterocycles. The second-order valence-electron chi connectivity index (χ2n) is 5.14. The lowest BCUT2D eigenvalue weighted by atomic mass is 10.1. The molecule has 3 unspecified atom stereocenters. The van der Waals surface area contributed by atoms with Crippen molar-refractivity contribution in [3.05, 3.63) is 0 Å². The Kier molecular flexibility index (Phi) is 10.2. The van der Waals surface area contributed by atoms with Crippen molar-refractivity contribution in [3.63, 3.8) is 0 Å². The van der Waals surface area contributed by atoms with Gasteiger partial charge in [-0.15, -0.1) is 0 Å². The van der Waals surface area contributed by atoms with Gasteiger partial charge in [-0.2, -0.15) is 12.6 Å². The summed E-state index contributed by atoms with van der Waals surface area (Å²) >= 11 is 3.82. The Labute approximate surface area is 149 Å². The zero-order valence-electron chi connectivity index (χ0n) is 13.7. The van der Waals surface area contributed by atoms with Gasteiger partial charge in [0.2, 0.25) is 23.6 Å². The Morgan fingerprint density at radius 1 is 1.04 bits per heavy atom. The number of carboxylic acids is 1. The SMILES string of the molecule is CC(NC(=O)CN)C(=O)NC(CCC(N)=O)C(=O)NC(CS)C(=O)O. The summed E-state index contributed by atoms with van der Waals surface area (Å²) in [4.78, 5) is 57.3. The Balaban J connectivity index is 4.99. The van der Waals surface area contributed by atoms with Crippen molar-refractivity contribution in [1.82, 2.24) is 16.0 Å². The van der Waals surface area contributed by atoms with Crippen LogP contribution in [0.4, 0.5) is 0 Å². The number of primary amides is 1. The van der Waals surface area contributed by atoms with Crippen LogP contribution in [0.25, 0.3) is 0 Å². The van der Waals surface area contributed by atoms with Crippen molar-refractivity contribution in [1.29, 1.82) is 0 Å². The van der Waals surface area contributed by atoms with Gasteiger partial charge in [-0.3, -0.25) is 19.2 Å². The van der Waals surface area contributed by atoms with E-state index in [2.05, 4.69) is 28.6 Å². The number of aliphatic carboxylic acids is 1. The van der Waals surface area contributed by atoms with Crippen LogP contribution in [0.2, 0.25) is 0 Å². The van der Waals surface area contributed by atoms with Crippen LogP contribution in [0, 0.1) is 0 Å². The van der Waals surface area contributed by atoms with E-state index >= 15 is 0 Å². The summed E-state index contributed by atoms with van der Waals surface area (Å²) < 4.78 is 0. The minimum absolute atomic E-state index is 0.136. The highest BCUT2D eigenvalue weighted by Crippen LogP contribution is 2.01. The fraction of sp³-hybridized carbons (Fsp3) is 0.615. The molecular weight excluding hydrogens is 354 g/mol. The number of hydrogen-bond donors (Lipinski definition) is 7. The van der Waals surface area contributed by atoms with Crippen molar-refractivity contribution in [2.24, 2.45) is 11.5 Å². The van der Waals surface area contributed by atoms with Crippen molar-refractivity contribution in [2.75, 3.05) is 12.3 Å². The summed E-state index contributed by atoms with van der Waals surface area (Å²) in [6.07, 6.45) is -0.343. The molecule has 11 nitrogen and oxygen atoms in total. The first kappa shape index (κ1) is 22.7. The van der Waals surface area contributed by atoms with Crippen LogP contribution in [0.1, 0.15) is 19.8 Å². The molecule has 25 heavy (non-hydrogen) atoms. The number of carbonyl (C=O) groups excluding carboxylic acids is 4. The molecule has 0 aliphatic rings. The van der Waals surface area contributed by atoms with Gasteiger partial charge in [0.1, 0.15) is 18.1 Å². The molecule has 0 spiro atoms. The number of nitrogens with one attached hydrogen (secondary N) is 3. The fourth-order valence-corrected chi connectivity index (χ4v) is 1.92. The smallest absolute Gasteiger partial charge is 0.327 e. The molecule has 0 radical (unpaired) electrons. The van der Waals surface area contributed by atoms with Crippen LogP contribution in [-0.4, -0.2) is 65.1 Å². The normalized spacial score (nSPS) is 13.9. The molecule has 0 aromatic carbocycles. The van der Waals surface area contributed by atoms with Gasteiger partial charge in [-0.1, -0.05) is 0 Å². The van der Waals surface area contributed by atoms with Crippen molar-refractivity contribution < 1.29 is 29.1 Å². The van der Waals surface area contributed by atoms with E-state index in [9.17, 15) is 24.0 Å². The lowest BCUT2D eigenvalue weighted by molar-refractivity contribution is -0.141. The van der Waals surface area contributed by atoms with Crippen LogP contribution in [-0.2, 0) is 24.0 Å². The molecular formula is C13H23N5O6S. The Morgan fingerprint density at radius 3 is 2.04 bits per heavy atom. The van der Waals surface area contributed by atoms with Crippen molar-refractivity contribution in [3.8, 4) is 0 Å². The molecule has 0 aromatic heterocycles. The number of nitrogens with two attached hydrogens (primary N) is 2. The molecule has 0 saturated carbocycles. The maximum atomic E-state index is 12.2. The monoisotopic (exact) mass is 377 g/mol. The van der Waals surface area contributed by atoms with E-state index in [4.69, 9.17) is 16.6 Å². The highest BCUT2D eigenvalue weighted by Gasteiger charge is 2.27. The molecule has 0 aromatic rings. The number of rotatable bonds is 11. The van der Waals surface area contributed by atoms with Crippen LogP contribution < -0.4 is 27.4 Å². The molecule has 0 saturated heterocycles. The maximum Gasteiger partial charge on any atom is 0.327 e. The Bertz CT molecular complexity index is 529. The number of hydrogen-bond acceptors (Lipinski definition) is 7. The average Bonchev–Trinajstić information content (AvgIpc) is 2.54. The van der Waals surface area contributed by atoms with Crippen LogP contribution in [0.15, 0.2) is 0 Å². The quantitative estimate of drug-likeness (QED) is 0.183. The predicted molar refractivity (Wildman–Crippen MR) is 90.4 cm³/mol. The zero-order chi connectivity index (χ0) is 19.6. The summed E-state index contributed by atoms with van der Waals surface area (Å²) in [6.45, 7) is 1.06. The molecule has 8 N–H and O–H groups in total. The van der Waals surface area contributed by atoms with Gasteiger partial charge < -0.3 is 32.5 Å². The van der Waals surface area contributed by atoms with Gasteiger partial charge in [0.05, 0.1) is 6.54 Å². The summed E-state index contributed by atoms with van der Waals surface area (Å²) in [5.74, 6) is -4.24. The van der Waals surface area contributed by atoms with Crippen LogP contribution in [0.5, 0.6) is 0 Å². The number of carboxylic acid groups (broad SMARTS) is 1. The third-order valence-corrected chi connectivity index (χ3v) is 3.43. The van der Waals surface area contributed by atoms with Crippen LogP contribution in [0.3, 0.4) is 0 Å². The lowest BCUT2D eigenvalue weighted by Crippen LogP contribution is -2.56. The molecule has 0 rings (SSSR count). The average molecular weight is 377 g/mol. The van der Waals surface area contributed by atoms with E-state index < -0.39 is 47.7 Å². The van der Waals surface area contributed by atoms with Gasteiger partial charge >= 0.3 is 5.97 Å². The van der Waals surface area contributed by atoms with E-state index in [1.165, 1.54) is 6.92 Å². The first-order chi connectivity index (χ1) is 11.6. The van der Waals surface area contributed by atoms with Gasteiger partial charge in [-0.25, -0.2) is 4.79 Å². The predicted octanol–water partition coefficient (Wildman–Crippen LogP) is -3.30. The van der Waals surface area contributed by atoms with Crippen LogP contribution >= 0.6 is 12.6 Å². The van der Waals surface area contributed by atoms with E-state index in [0.29, 0.717) is 0 Å². The molecule has 0 aliphatic carbocycles. The van der Waals surface area contributed by atoms with Gasteiger partial charge in [0, 0.05) is 12.2 Å². The lowest BCUT2D eigenvalue weighted by Gasteiger charge is -2.22. The second kappa shape index (κ2) is 11.3. The first-order valence-corrected chi connectivity index (χ1v) is 7.97. The molecule has 3 atom stereocenters. The minimum Gasteiger partial charge on any atom is -0.480 e. The summed E-state index contributed by atoms with van der Waals surface area (Å²) in [6, 6.07) is -3.46. The highest BCUT2D eigenvalue weighted by atomic mass is 32.1. The van der Waals surface area contributed by atoms with Gasteiger partial charge in [0.15, 0.2) is 0 Å². The summed E-state index contributed by atoms with van der Waals surface area (Å²) in [5, 5.41) is 15.8. The third kappa shape index (κ3) is 8.91. The highest BCUT2D eigenvalue weighted by molar-refractivity contribution is 7.80. The number of carbonyl (C=O) groups is 5. The summed E-state index contributed by atoms with van der Waals surface area (Å²) in [5.41, 5.74) is 10.2. The van der Waals surface area contributed by atoms with Crippen molar-refractivity contribution >= 4 is 42.2 Å². The number of amides is 4. The molecule has 0 bridgehead atoms. The van der Waals surface area contributed by atoms with E-state index in [1.54, 1.807) is 0 Å². The van der Waals surface area contributed by atoms with E-state index in [0.717, 1.165) is 0 Å². The summed E-state index contributed by atoms with van der Waals surface area (Å²) in [7, 11) is 0. The van der Waals surface area contributed by atoms with Gasteiger partial charge in [0.25, 0.3) is 0 Å². The Morgan fingerprint density at radius 2 is 1.60 bits per heavy atom. The maximum absolute atomic E-state index is 12.2. The Hall–Kier alpha value is -2.34. The van der Waals surface area contributed by atoms with E-state index in [-0.39, 0.29) is 25.1 Å². The first-order valence-electron chi connectivity index (χ1n) is 7.34. The molecule has 142 valence electrons. The fourth-order valence-electron chi connectivity index (χ4n) is 1.68. The minimum atomic E-state index is -1.30. The second-order valence-corrected chi connectivity index (χ2v) is 5.51. The molecule has 12 heteroatoms. The van der Waals surface area contributed by atoms with Gasteiger partial charge in [-0.05, 0) is 13.3 Å². The third-order valence-electron chi connectivity index (χ3n) is 3.07.